The lowest BCUT2D eigenvalue weighted by molar-refractivity contribution is -0.136. The maximum Gasteiger partial charge on any atom is 0.249 e. The molecule has 10 heteroatoms. The minimum absolute atomic E-state index is 0.130. The van der Waals surface area contributed by atoms with E-state index in [2.05, 4.69) is 26.2 Å². The number of tetrazole rings is 1. The number of carbonyl (C=O) groups is 3. The van der Waals surface area contributed by atoms with E-state index in [-0.39, 0.29) is 24.0 Å². The Morgan fingerprint density at radius 3 is 2.90 bits per heavy atom. The molecule has 2 N–H and O–H groups in total. The van der Waals surface area contributed by atoms with Crippen LogP contribution in [0.3, 0.4) is 0 Å². The van der Waals surface area contributed by atoms with Crippen LogP contribution >= 0.6 is 11.8 Å². The Morgan fingerprint density at radius 2 is 2.19 bits per heavy atom. The van der Waals surface area contributed by atoms with Gasteiger partial charge in [-0.25, -0.2) is 4.68 Å². The van der Waals surface area contributed by atoms with Crippen molar-refractivity contribution in [2.24, 2.45) is 0 Å². The summed E-state index contributed by atoms with van der Waals surface area (Å²) in [6.45, 7) is 0. The van der Waals surface area contributed by atoms with E-state index in [1.54, 1.807) is 4.68 Å². The Labute approximate surface area is 124 Å². The zero-order valence-corrected chi connectivity index (χ0v) is 11.9. The molecule has 0 radical (unpaired) electrons. The van der Waals surface area contributed by atoms with E-state index in [0.717, 1.165) is 12.8 Å². The SMILES string of the molecule is O=C1CCC(NC(=O)CSc2nnnn2C2CC2)C(=O)N1. The van der Waals surface area contributed by atoms with Crippen molar-refractivity contribution >= 4 is 29.5 Å². The summed E-state index contributed by atoms with van der Waals surface area (Å²) in [4.78, 5) is 34.4. The number of nitrogens with one attached hydrogen (secondary N) is 2. The molecule has 1 aromatic heterocycles. The second-order valence-electron chi connectivity index (χ2n) is 5.00. The molecule has 1 saturated carbocycles. The number of amides is 3. The second kappa shape index (κ2) is 5.80. The molecule has 0 bridgehead atoms. The largest absolute Gasteiger partial charge is 0.344 e. The Hall–Kier alpha value is -1.97. The molecule has 0 aromatic carbocycles. The van der Waals surface area contributed by atoms with Gasteiger partial charge in [0.2, 0.25) is 22.9 Å². The average molecular weight is 310 g/mol. The Bertz CT molecular complexity index is 584. The number of hydrogen-bond acceptors (Lipinski definition) is 7. The van der Waals surface area contributed by atoms with Crippen LogP contribution in [-0.4, -0.2) is 49.7 Å². The topological polar surface area (TPSA) is 119 Å². The lowest BCUT2D eigenvalue weighted by Gasteiger charge is -2.21. The number of piperidine rings is 1. The van der Waals surface area contributed by atoms with Gasteiger partial charge in [0.15, 0.2) is 0 Å². The van der Waals surface area contributed by atoms with E-state index in [1.165, 1.54) is 11.8 Å². The first kappa shape index (κ1) is 14.0. The summed E-state index contributed by atoms with van der Waals surface area (Å²) in [6.07, 6.45) is 2.69. The molecule has 1 aliphatic heterocycles. The van der Waals surface area contributed by atoms with Crippen LogP contribution in [0.25, 0.3) is 0 Å². The number of aromatic nitrogens is 4. The highest BCUT2D eigenvalue weighted by Gasteiger charge is 2.29. The number of carbonyl (C=O) groups excluding carboxylic acids is 3. The molecule has 2 fully saturated rings. The fourth-order valence-electron chi connectivity index (χ4n) is 2.03. The van der Waals surface area contributed by atoms with E-state index in [4.69, 9.17) is 0 Å². The minimum atomic E-state index is -0.643. The van der Waals surface area contributed by atoms with E-state index < -0.39 is 11.9 Å². The minimum Gasteiger partial charge on any atom is -0.344 e. The summed E-state index contributed by atoms with van der Waals surface area (Å²) < 4.78 is 1.73. The van der Waals surface area contributed by atoms with Crippen LogP contribution in [0.1, 0.15) is 31.7 Å². The van der Waals surface area contributed by atoms with Gasteiger partial charge in [-0.05, 0) is 29.7 Å². The lowest BCUT2D eigenvalue weighted by atomic mass is 10.1. The molecular weight excluding hydrogens is 296 g/mol. The molecule has 21 heavy (non-hydrogen) atoms. The number of rotatable bonds is 5. The third-order valence-corrected chi connectivity index (χ3v) is 4.20. The van der Waals surface area contributed by atoms with Gasteiger partial charge in [-0.2, -0.15) is 0 Å². The normalized spacial score (nSPS) is 22.0. The van der Waals surface area contributed by atoms with Crippen molar-refractivity contribution < 1.29 is 14.4 Å². The predicted octanol–water partition coefficient (Wildman–Crippen LogP) is -0.979. The van der Waals surface area contributed by atoms with Crippen molar-refractivity contribution in [1.82, 2.24) is 30.8 Å². The van der Waals surface area contributed by atoms with E-state index in [0.29, 0.717) is 17.6 Å². The highest BCUT2D eigenvalue weighted by Crippen LogP contribution is 2.36. The molecule has 3 amide bonds. The first-order valence-electron chi connectivity index (χ1n) is 6.67. The van der Waals surface area contributed by atoms with Gasteiger partial charge in [-0.3, -0.25) is 19.7 Å². The zero-order valence-electron chi connectivity index (χ0n) is 11.1. The Morgan fingerprint density at radius 1 is 1.38 bits per heavy atom. The van der Waals surface area contributed by atoms with Crippen molar-refractivity contribution in [3.8, 4) is 0 Å². The van der Waals surface area contributed by atoms with E-state index in [9.17, 15) is 14.4 Å². The quantitative estimate of drug-likeness (QED) is 0.530. The van der Waals surface area contributed by atoms with Crippen LogP contribution in [0, 0.1) is 0 Å². The van der Waals surface area contributed by atoms with Crippen LogP contribution in [-0.2, 0) is 14.4 Å². The summed E-state index contributed by atoms with van der Waals surface area (Å²) in [7, 11) is 0. The molecule has 2 aliphatic rings. The first-order valence-corrected chi connectivity index (χ1v) is 7.66. The fourth-order valence-corrected chi connectivity index (χ4v) is 2.78. The molecule has 9 nitrogen and oxygen atoms in total. The van der Waals surface area contributed by atoms with Crippen LogP contribution in [0.4, 0.5) is 0 Å². The van der Waals surface area contributed by atoms with Crippen molar-refractivity contribution in [2.45, 2.75) is 42.9 Å². The lowest BCUT2D eigenvalue weighted by Crippen LogP contribution is -2.52. The second-order valence-corrected chi connectivity index (χ2v) is 5.94. The molecule has 1 aromatic rings. The maximum absolute atomic E-state index is 11.9. The Balaban J connectivity index is 1.49. The summed E-state index contributed by atoms with van der Waals surface area (Å²) in [5.74, 6) is -0.902. The zero-order chi connectivity index (χ0) is 14.8. The van der Waals surface area contributed by atoms with Gasteiger partial charge in [0, 0.05) is 6.42 Å². The predicted molar refractivity (Wildman–Crippen MR) is 71.1 cm³/mol. The molecule has 0 spiro atoms. The molecule has 1 unspecified atom stereocenters. The van der Waals surface area contributed by atoms with E-state index in [1.807, 2.05) is 0 Å². The van der Waals surface area contributed by atoms with Gasteiger partial charge in [0.05, 0.1) is 11.8 Å². The molecule has 1 saturated heterocycles. The average Bonchev–Trinajstić information content (AvgIpc) is 3.18. The van der Waals surface area contributed by atoms with Gasteiger partial charge < -0.3 is 5.32 Å². The van der Waals surface area contributed by atoms with Crippen LogP contribution in [0.2, 0.25) is 0 Å². The van der Waals surface area contributed by atoms with Crippen molar-refractivity contribution in [1.29, 1.82) is 0 Å². The van der Waals surface area contributed by atoms with Gasteiger partial charge in [0.25, 0.3) is 0 Å². The van der Waals surface area contributed by atoms with Gasteiger partial charge in [-0.15, -0.1) is 5.10 Å². The van der Waals surface area contributed by atoms with Crippen molar-refractivity contribution in [2.75, 3.05) is 5.75 Å². The summed E-state index contributed by atoms with van der Waals surface area (Å²) in [5, 5.41) is 16.8. The molecule has 112 valence electrons. The van der Waals surface area contributed by atoms with Gasteiger partial charge in [0.1, 0.15) is 6.04 Å². The first-order chi connectivity index (χ1) is 10.1. The third-order valence-electron chi connectivity index (χ3n) is 3.26. The summed E-state index contributed by atoms with van der Waals surface area (Å²) in [5.41, 5.74) is 0. The van der Waals surface area contributed by atoms with Gasteiger partial charge >= 0.3 is 0 Å². The molecule has 3 rings (SSSR count). The molecule has 1 aliphatic carbocycles. The number of thioether (sulfide) groups is 1. The van der Waals surface area contributed by atoms with Crippen LogP contribution in [0.5, 0.6) is 0 Å². The highest BCUT2D eigenvalue weighted by atomic mass is 32.2. The smallest absolute Gasteiger partial charge is 0.249 e. The number of nitrogens with zero attached hydrogens (tertiary/aromatic N) is 4. The van der Waals surface area contributed by atoms with Crippen LogP contribution in [0.15, 0.2) is 5.16 Å². The maximum atomic E-state index is 11.9. The highest BCUT2D eigenvalue weighted by molar-refractivity contribution is 7.99. The van der Waals surface area contributed by atoms with Crippen LogP contribution < -0.4 is 10.6 Å². The number of hydrogen-bond donors (Lipinski definition) is 2. The fraction of sp³-hybridized carbons (Fsp3) is 0.636. The van der Waals surface area contributed by atoms with Crippen molar-refractivity contribution in [3.63, 3.8) is 0 Å². The van der Waals surface area contributed by atoms with Gasteiger partial charge in [-0.1, -0.05) is 11.8 Å². The molecular formula is C11H14N6O3S. The monoisotopic (exact) mass is 310 g/mol. The standard InChI is InChI=1S/C11H14N6O3S/c18-8-4-3-7(10(20)13-8)12-9(19)5-21-11-14-15-16-17(11)6-1-2-6/h6-7H,1-5H2,(H,12,19)(H,13,18,20). The summed E-state index contributed by atoms with van der Waals surface area (Å²) in [6, 6.07) is -0.295. The third kappa shape index (κ3) is 3.38. The summed E-state index contributed by atoms with van der Waals surface area (Å²) >= 11 is 1.24. The van der Waals surface area contributed by atoms with E-state index >= 15 is 0 Å². The Kier molecular flexibility index (Phi) is 3.86. The van der Waals surface area contributed by atoms with Crippen molar-refractivity contribution in [3.05, 3.63) is 0 Å². The molecule has 2 heterocycles. The molecule has 1 atom stereocenters. The number of imide groups is 1.